The van der Waals surface area contributed by atoms with Crippen LogP contribution in [0, 0.1) is 0 Å². The van der Waals surface area contributed by atoms with Crippen molar-refractivity contribution in [2.45, 2.75) is 76.9 Å². The highest BCUT2D eigenvalue weighted by molar-refractivity contribution is 7.98. The highest BCUT2D eigenvalue weighted by Crippen LogP contribution is 2.17. The minimum atomic E-state index is -0.542. The summed E-state index contributed by atoms with van der Waals surface area (Å²) in [4.78, 5) is 35.8. The van der Waals surface area contributed by atoms with Crippen LogP contribution in [0.25, 0.3) is 0 Å². The summed E-state index contributed by atoms with van der Waals surface area (Å²) in [5.74, 6) is 0.777. The molecule has 0 saturated heterocycles. The van der Waals surface area contributed by atoms with Crippen LogP contribution in [0.1, 0.15) is 58.4 Å². The van der Waals surface area contributed by atoms with Gasteiger partial charge in [0.25, 0.3) is 0 Å². The Balaban J connectivity index is 2.45. The minimum absolute atomic E-state index is 0.0187. The van der Waals surface area contributed by atoms with Gasteiger partial charge < -0.3 is 14.2 Å². The number of thioether (sulfide) groups is 1. The van der Waals surface area contributed by atoms with Crippen molar-refractivity contribution in [3.05, 3.63) is 35.9 Å². The third-order valence-electron chi connectivity index (χ3n) is 4.51. The normalized spacial score (nSPS) is 13.9. The summed E-state index contributed by atoms with van der Waals surface area (Å²) in [6, 6.07) is 10.1. The van der Waals surface area contributed by atoms with Gasteiger partial charge in [-0.2, -0.15) is 11.8 Å². The standard InChI is InChI=1S/C23H34O6S/c1-5-20(28-22(25)14-18(3)27-4)15-23(26)29-21(13-17(2)24)11-12-30-16-19-9-7-6-8-10-19/h6-10,18,20-21H,5,11-16H2,1-4H3. The molecule has 0 fully saturated rings. The summed E-state index contributed by atoms with van der Waals surface area (Å²) in [5.41, 5.74) is 1.23. The zero-order chi connectivity index (χ0) is 22.4. The van der Waals surface area contributed by atoms with E-state index in [-0.39, 0.29) is 31.1 Å². The van der Waals surface area contributed by atoms with E-state index >= 15 is 0 Å². The minimum Gasteiger partial charge on any atom is -0.462 e. The Morgan fingerprint density at radius 2 is 1.60 bits per heavy atom. The predicted molar refractivity (Wildman–Crippen MR) is 118 cm³/mol. The maximum absolute atomic E-state index is 12.4. The molecule has 3 unspecified atom stereocenters. The van der Waals surface area contributed by atoms with Crippen molar-refractivity contribution < 1.29 is 28.6 Å². The summed E-state index contributed by atoms with van der Waals surface area (Å²) in [6.07, 6.45) is 0.175. The molecule has 30 heavy (non-hydrogen) atoms. The summed E-state index contributed by atoms with van der Waals surface area (Å²) in [7, 11) is 1.53. The summed E-state index contributed by atoms with van der Waals surface area (Å²) in [6.45, 7) is 5.11. The number of Topliss-reactive ketones (excluding diaryl/α,β-unsaturated/α-hetero) is 1. The number of methoxy groups -OCH3 is 1. The molecule has 1 aromatic carbocycles. The van der Waals surface area contributed by atoms with E-state index < -0.39 is 24.1 Å². The Labute approximate surface area is 184 Å². The predicted octanol–water partition coefficient (Wildman–Crippen LogP) is 4.34. The molecule has 0 amide bonds. The van der Waals surface area contributed by atoms with Crippen molar-refractivity contribution in [1.82, 2.24) is 0 Å². The van der Waals surface area contributed by atoms with Gasteiger partial charge in [-0.25, -0.2) is 0 Å². The molecule has 3 atom stereocenters. The number of hydrogen-bond donors (Lipinski definition) is 0. The second-order valence-corrected chi connectivity index (χ2v) is 8.42. The molecule has 168 valence electrons. The van der Waals surface area contributed by atoms with Crippen LogP contribution in [0.15, 0.2) is 30.3 Å². The second kappa shape index (κ2) is 15.0. The molecule has 6 nitrogen and oxygen atoms in total. The first-order valence-corrected chi connectivity index (χ1v) is 11.5. The fraction of sp³-hybridized carbons (Fsp3) is 0.609. The molecule has 0 aliphatic rings. The van der Waals surface area contributed by atoms with Crippen molar-refractivity contribution in [1.29, 1.82) is 0 Å². The van der Waals surface area contributed by atoms with E-state index in [0.717, 1.165) is 11.5 Å². The first-order valence-electron chi connectivity index (χ1n) is 10.4. The Hall–Kier alpha value is -1.86. The number of benzene rings is 1. The maximum Gasteiger partial charge on any atom is 0.309 e. The molecule has 0 heterocycles. The lowest BCUT2D eigenvalue weighted by molar-refractivity contribution is -0.159. The molecular weight excluding hydrogens is 404 g/mol. The lowest BCUT2D eigenvalue weighted by atomic mass is 10.1. The van der Waals surface area contributed by atoms with Crippen LogP contribution in [0.3, 0.4) is 0 Å². The number of hydrogen-bond acceptors (Lipinski definition) is 7. The van der Waals surface area contributed by atoms with Gasteiger partial charge in [-0.05, 0) is 38.0 Å². The van der Waals surface area contributed by atoms with Gasteiger partial charge in [0.15, 0.2) is 0 Å². The molecule has 0 N–H and O–H groups in total. The van der Waals surface area contributed by atoms with Gasteiger partial charge >= 0.3 is 11.9 Å². The fourth-order valence-electron chi connectivity index (χ4n) is 2.74. The summed E-state index contributed by atoms with van der Waals surface area (Å²) < 4.78 is 16.0. The van der Waals surface area contributed by atoms with Crippen LogP contribution in [0.5, 0.6) is 0 Å². The molecule has 0 spiro atoms. The van der Waals surface area contributed by atoms with Crippen LogP contribution in [0.2, 0.25) is 0 Å². The molecule has 1 aromatic rings. The fourth-order valence-corrected chi connectivity index (χ4v) is 3.75. The number of ether oxygens (including phenoxy) is 3. The number of carbonyl (C=O) groups excluding carboxylic acids is 3. The van der Waals surface area contributed by atoms with Crippen LogP contribution in [0.4, 0.5) is 0 Å². The van der Waals surface area contributed by atoms with Crippen molar-refractivity contribution >= 4 is 29.5 Å². The molecule has 0 radical (unpaired) electrons. The smallest absolute Gasteiger partial charge is 0.309 e. The Kier molecular flexibility index (Phi) is 13.1. The average molecular weight is 439 g/mol. The number of esters is 2. The first-order chi connectivity index (χ1) is 14.3. The van der Waals surface area contributed by atoms with Gasteiger partial charge in [0, 0.05) is 19.3 Å². The van der Waals surface area contributed by atoms with E-state index in [0.29, 0.717) is 12.8 Å². The monoisotopic (exact) mass is 438 g/mol. The zero-order valence-electron chi connectivity index (χ0n) is 18.4. The number of carbonyl (C=O) groups is 3. The molecule has 0 aliphatic heterocycles. The van der Waals surface area contributed by atoms with E-state index in [4.69, 9.17) is 14.2 Å². The molecular formula is C23H34O6S. The first kappa shape index (κ1) is 26.2. The van der Waals surface area contributed by atoms with Gasteiger partial charge in [-0.1, -0.05) is 37.3 Å². The second-order valence-electron chi connectivity index (χ2n) is 7.32. The highest BCUT2D eigenvalue weighted by atomic mass is 32.2. The highest BCUT2D eigenvalue weighted by Gasteiger charge is 2.22. The topological polar surface area (TPSA) is 78.9 Å². The van der Waals surface area contributed by atoms with Gasteiger partial charge in [0.05, 0.1) is 18.9 Å². The molecule has 0 bridgehead atoms. The Morgan fingerprint density at radius 1 is 0.967 bits per heavy atom. The molecule has 1 rings (SSSR count). The largest absolute Gasteiger partial charge is 0.462 e. The van der Waals surface area contributed by atoms with E-state index in [2.05, 4.69) is 12.1 Å². The lowest BCUT2D eigenvalue weighted by Gasteiger charge is -2.20. The van der Waals surface area contributed by atoms with Crippen molar-refractivity contribution in [2.24, 2.45) is 0 Å². The van der Waals surface area contributed by atoms with Gasteiger partial charge in [0.2, 0.25) is 0 Å². The molecule has 0 aliphatic carbocycles. The van der Waals surface area contributed by atoms with Gasteiger partial charge in [0.1, 0.15) is 18.0 Å². The maximum atomic E-state index is 12.4. The van der Waals surface area contributed by atoms with Crippen LogP contribution < -0.4 is 0 Å². The van der Waals surface area contributed by atoms with Gasteiger partial charge in [-0.15, -0.1) is 0 Å². The van der Waals surface area contributed by atoms with Crippen molar-refractivity contribution in [2.75, 3.05) is 12.9 Å². The molecule has 7 heteroatoms. The third-order valence-corrected chi connectivity index (χ3v) is 5.58. The van der Waals surface area contributed by atoms with Gasteiger partial charge in [-0.3, -0.25) is 14.4 Å². The van der Waals surface area contributed by atoms with E-state index in [9.17, 15) is 14.4 Å². The average Bonchev–Trinajstić information content (AvgIpc) is 2.70. The van der Waals surface area contributed by atoms with Crippen LogP contribution in [-0.2, 0) is 34.3 Å². The van der Waals surface area contributed by atoms with Crippen molar-refractivity contribution in [3.63, 3.8) is 0 Å². The van der Waals surface area contributed by atoms with Crippen LogP contribution >= 0.6 is 11.8 Å². The summed E-state index contributed by atoms with van der Waals surface area (Å²) in [5, 5.41) is 0. The van der Waals surface area contributed by atoms with Crippen molar-refractivity contribution in [3.8, 4) is 0 Å². The molecule has 0 saturated carbocycles. The lowest BCUT2D eigenvalue weighted by Crippen LogP contribution is -2.27. The van der Waals surface area contributed by atoms with E-state index in [1.165, 1.54) is 19.6 Å². The number of rotatable bonds is 15. The SMILES string of the molecule is CCC(CC(=O)OC(CCSCc1ccccc1)CC(C)=O)OC(=O)CC(C)OC. The number of ketones is 1. The quantitative estimate of drug-likeness (QED) is 0.298. The Morgan fingerprint density at radius 3 is 2.20 bits per heavy atom. The summed E-state index contributed by atoms with van der Waals surface area (Å²) >= 11 is 1.74. The van der Waals surface area contributed by atoms with Crippen LogP contribution in [-0.4, -0.2) is 48.9 Å². The third kappa shape index (κ3) is 12.0. The van der Waals surface area contributed by atoms with E-state index in [1.807, 2.05) is 25.1 Å². The molecule has 0 aromatic heterocycles. The zero-order valence-corrected chi connectivity index (χ0v) is 19.2. The van der Waals surface area contributed by atoms with E-state index in [1.54, 1.807) is 18.7 Å². The Bertz CT molecular complexity index is 648.